The topological polar surface area (TPSA) is 84.9 Å². The Bertz CT molecular complexity index is 1060. The van der Waals surface area contributed by atoms with E-state index in [0.717, 1.165) is 11.1 Å². The summed E-state index contributed by atoms with van der Waals surface area (Å²) in [7, 11) is 1.26. The fourth-order valence-corrected chi connectivity index (χ4v) is 4.10. The van der Waals surface area contributed by atoms with Crippen molar-refractivity contribution in [2.75, 3.05) is 7.11 Å². The van der Waals surface area contributed by atoms with Crippen LogP contribution in [0.2, 0.25) is 0 Å². The van der Waals surface area contributed by atoms with E-state index in [1.807, 2.05) is 60.7 Å². The van der Waals surface area contributed by atoms with Crippen molar-refractivity contribution < 1.29 is 23.9 Å². The van der Waals surface area contributed by atoms with E-state index < -0.39 is 35.6 Å². The molecule has 2 aromatic rings. The first-order valence-electron chi connectivity index (χ1n) is 11.0. The van der Waals surface area contributed by atoms with Gasteiger partial charge in [-0.25, -0.2) is 9.59 Å². The van der Waals surface area contributed by atoms with Crippen LogP contribution in [0.15, 0.2) is 73.3 Å². The number of hydrogen-bond acceptors (Lipinski definition) is 5. The molecule has 1 heterocycles. The highest BCUT2D eigenvalue weighted by molar-refractivity contribution is 5.96. The van der Waals surface area contributed by atoms with E-state index in [1.165, 1.54) is 18.1 Å². The molecular formula is C27H28N2O5. The van der Waals surface area contributed by atoms with Crippen molar-refractivity contribution in [1.29, 1.82) is 0 Å². The summed E-state index contributed by atoms with van der Waals surface area (Å²) in [4.78, 5) is 40.6. The van der Waals surface area contributed by atoms with Crippen LogP contribution >= 0.6 is 0 Å². The maximum Gasteiger partial charge on any atom is 0.408 e. The molecule has 1 aliphatic rings. The van der Waals surface area contributed by atoms with Crippen LogP contribution < -0.4 is 5.32 Å². The Morgan fingerprint density at radius 1 is 1.12 bits per heavy atom. The van der Waals surface area contributed by atoms with E-state index in [0.29, 0.717) is 12.8 Å². The second-order valence-electron chi connectivity index (χ2n) is 8.04. The Hall–Kier alpha value is -4.05. The minimum absolute atomic E-state index is 0.0287. The number of rotatable bonds is 8. The summed E-state index contributed by atoms with van der Waals surface area (Å²) >= 11 is 0. The molecule has 3 rings (SSSR count). The Morgan fingerprint density at radius 3 is 2.29 bits per heavy atom. The Labute approximate surface area is 199 Å². The second kappa shape index (κ2) is 11.2. The molecule has 0 radical (unpaired) electrons. The summed E-state index contributed by atoms with van der Waals surface area (Å²) in [5.74, 6) is 1.48. The Balaban J connectivity index is 1.92. The zero-order chi connectivity index (χ0) is 24.6. The first-order valence-corrected chi connectivity index (χ1v) is 11.0. The number of amides is 2. The molecule has 0 aromatic heterocycles. The van der Waals surface area contributed by atoms with Gasteiger partial charge in [0.2, 0.25) is 0 Å². The molecule has 1 aliphatic heterocycles. The molecule has 34 heavy (non-hydrogen) atoms. The van der Waals surface area contributed by atoms with Crippen molar-refractivity contribution in [3.05, 3.63) is 84.4 Å². The van der Waals surface area contributed by atoms with Gasteiger partial charge in [-0.15, -0.1) is 13.0 Å². The fraction of sp³-hybridized carbons (Fsp3) is 0.296. The van der Waals surface area contributed by atoms with Crippen molar-refractivity contribution in [2.24, 2.45) is 0 Å². The first-order chi connectivity index (χ1) is 16.4. The van der Waals surface area contributed by atoms with Crippen LogP contribution in [0.3, 0.4) is 0 Å². The third-order valence-electron chi connectivity index (χ3n) is 5.88. The van der Waals surface area contributed by atoms with Gasteiger partial charge in [0.05, 0.1) is 13.2 Å². The zero-order valence-electron chi connectivity index (χ0n) is 19.1. The maximum atomic E-state index is 14.0. The highest BCUT2D eigenvalue weighted by Gasteiger charge is 2.49. The van der Waals surface area contributed by atoms with Crippen LogP contribution in [0.5, 0.6) is 0 Å². The van der Waals surface area contributed by atoms with E-state index in [4.69, 9.17) is 15.9 Å². The molecule has 2 amide bonds. The summed E-state index contributed by atoms with van der Waals surface area (Å²) in [6, 6.07) is 16.9. The number of carbonyl (C=O) groups is 3. The molecule has 0 spiro atoms. The van der Waals surface area contributed by atoms with Crippen LogP contribution in [-0.2, 0) is 32.1 Å². The molecule has 1 fully saturated rings. The average molecular weight is 461 g/mol. The van der Waals surface area contributed by atoms with Gasteiger partial charge in [-0.3, -0.25) is 4.79 Å². The first kappa shape index (κ1) is 24.6. The number of benzene rings is 2. The summed E-state index contributed by atoms with van der Waals surface area (Å²) in [5.41, 5.74) is -0.0139. The molecule has 3 atom stereocenters. The smallest absolute Gasteiger partial charge is 0.408 e. The van der Waals surface area contributed by atoms with Crippen LogP contribution in [-0.4, -0.2) is 47.6 Å². The van der Waals surface area contributed by atoms with Crippen LogP contribution in [0.4, 0.5) is 4.79 Å². The minimum Gasteiger partial charge on any atom is -0.467 e. The predicted molar refractivity (Wildman–Crippen MR) is 127 cm³/mol. The number of nitrogens with zero attached hydrogens (tertiary/aromatic N) is 1. The number of hydrogen-bond donors (Lipinski definition) is 1. The van der Waals surface area contributed by atoms with Crippen molar-refractivity contribution in [1.82, 2.24) is 10.2 Å². The van der Waals surface area contributed by atoms with Gasteiger partial charge < -0.3 is 19.7 Å². The van der Waals surface area contributed by atoms with Crippen LogP contribution in [0.25, 0.3) is 0 Å². The lowest BCUT2D eigenvalue weighted by Gasteiger charge is -2.37. The van der Waals surface area contributed by atoms with Crippen molar-refractivity contribution in [2.45, 2.75) is 43.5 Å². The summed E-state index contributed by atoms with van der Waals surface area (Å²) in [6.45, 7) is 3.88. The van der Waals surface area contributed by atoms with Gasteiger partial charge in [0.25, 0.3) is 5.91 Å². The fourth-order valence-electron chi connectivity index (χ4n) is 4.10. The van der Waals surface area contributed by atoms with Crippen molar-refractivity contribution in [3.63, 3.8) is 0 Å². The van der Waals surface area contributed by atoms with E-state index >= 15 is 0 Å². The van der Waals surface area contributed by atoms with Crippen LogP contribution in [0.1, 0.15) is 24.0 Å². The van der Waals surface area contributed by atoms with Crippen molar-refractivity contribution in [3.8, 4) is 12.3 Å². The van der Waals surface area contributed by atoms with Gasteiger partial charge >= 0.3 is 12.1 Å². The van der Waals surface area contributed by atoms with Gasteiger partial charge in [0.15, 0.2) is 0 Å². The SMILES string of the molecule is C#C[C@H]1CC[C@@H](C(=O)OC)N1C(=O)C(C=C)(Cc1ccccc1)NC(=O)OCc1ccccc1. The summed E-state index contributed by atoms with van der Waals surface area (Å²) in [6.07, 6.45) is 7.16. The number of likely N-dealkylation sites (tertiary alicyclic amines) is 1. The van der Waals surface area contributed by atoms with E-state index in [-0.39, 0.29) is 13.0 Å². The number of methoxy groups -OCH3 is 1. The van der Waals surface area contributed by atoms with Crippen molar-refractivity contribution >= 4 is 18.0 Å². The Kier molecular flexibility index (Phi) is 8.10. The van der Waals surface area contributed by atoms with Gasteiger partial charge in [-0.1, -0.05) is 72.7 Å². The molecule has 7 nitrogen and oxygen atoms in total. The normalized spacial score (nSPS) is 18.8. The van der Waals surface area contributed by atoms with Gasteiger partial charge in [0.1, 0.15) is 18.2 Å². The lowest BCUT2D eigenvalue weighted by Crippen LogP contribution is -2.62. The number of terminal acetylenes is 1. The molecule has 1 N–H and O–H groups in total. The number of alkyl carbamates (subject to hydrolysis) is 1. The number of esters is 1. The minimum atomic E-state index is -1.60. The summed E-state index contributed by atoms with van der Waals surface area (Å²) in [5, 5.41) is 2.71. The number of ether oxygens (including phenoxy) is 2. The maximum absolute atomic E-state index is 14.0. The molecule has 0 saturated carbocycles. The predicted octanol–water partition coefficient (Wildman–Crippen LogP) is 3.25. The highest BCUT2D eigenvalue weighted by atomic mass is 16.5. The molecule has 7 heteroatoms. The average Bonchev–Trinajstić information content (AvgIpc) is 3.31. The zero-order valence-corrected chi connectivity index (χ0v) is 19.1. The highest BCUT2D eigenvalue weighted by Crippen LogP contribution is 2.30. The Morgan fingerprint density at radius 2 is 1.74 bits per heavy atom. The second-order valence-corrected chi connectivity index (χ2v) is 8.04. The molecule has 0 bridgehead atoms. The van der Waals surface area contributed by atoms with Gasteiger partial charge in [-0.2, -0.15) is 0 Å². The number of carbonyl (C=O) groups excluding carboxylic acids is 3. The molecule has 2 aromatic carbocycles. The molecule has 1 saturated heterocycles. The lowest BCUT2D eigenvalue weighted by atomic mass is 9.88. The monoisotopic (exact) mass is 460 g/mol. The molecular weight excluding hydrogens is 432 g/mol. The third-order valence-corrected chi connectivity index (χ3v) is 5.88. The summed E-state index contributed by atoms with van der Waals surface area (Å²) < 4.78 is 10.3. The molecule has 176 valence electrons. The van der Waals surface area contributed by atoms with Crippen LogP contribution in [0, 0.1) is 12.3 Å². The van der Waals surface area contributed by atoms with E-state index in [2.05, 4.69) is 17.8 Å². The largest absolute Gasteiger partial charge is 0.467 e. The molecule has 1 unspecified atom stereocenters. The third kappa shape index (κ3) is 5.46. The van der Waals surface area contributed by atoms with E-state index in [1.54, 1.807) is 0 Å². The van der Waals surface area contributed by atoms with E-state index in [9.17, 15) is 14.4 Å². The quantitative estimate of drug-likeness (QED) is 0.371. The lowest BCUT2D eigenvalue weighted by molar-refractivity contribution is -0.153. The van der Waals surface area contributed by atoms with Gasteiger partial charge in [0, 0.05) is 6.42 Å². The van der Waals surface area contributed by atoms with Gasteiger partial charge in [-0.05, 0) is 24.0 Å². The number of nitrogens with one attached hydrogen (secondary N) is 1. The molecule has 0 aliphatic carbocycles. The standard InChI is InChI=1S/C27H28N2O5/c1-4-22-16-17-23(24(30)33-3)29(22)25(31)27(5-2,18-20-12-8-6-9-13-20)28-26(32)34-19-21-14-10-7-11-15-21/h1,5-15,22-23H,2,16-19H2,3H3,(H,28,32)/t22-,23-,27?/m0/s1.